The van der Waals surface area contributed by atoms with Gasteiger partial charge in [-0.1, -0.05) is 6.07 Å². The van der Waals surface area contributed by atoms with Gasteiger partial charge in [0.25, 0.3) is 0 Å². The molecular weight excluding hydrogens is 334 g/mol. The zero-order chi connectivity index (χ0) is 18.7. The molecule has 0 aliphatic carbocycles. The summed E-state index contributed by atoms with van der Waals surface area (Å²) in [5.74, 6) is 1.01. The van der Waals surface area contributed by atoms with E-state index in [1.807, 2.05) is 32.9 Å². The average Bonchev–Trinajstić information content (AvgIpc) is 3.25. The van der Waals surface area contributed by atoms with E-state index in [0.29, 0.717) is 30.5 Å². The summed E-state index contributed by atoms with van der Waals surface area (Å²) in [7, 11) is 0. The summed E-state index contributed by atoms with van der Waals surface area (Å²) < 4.78 is 7.93. The van der Waals surface area contributed by atoms with Gasteiger partial charge in [0.05, 0.1) is 6.26 Å². The van der Waals surface area contributed by atoms with Gasteiger partial charge in [0, 0.05) is 18.8 Å². The second-order valence-electron chi connectivity index (χ2n) is 5.78. The van der Waals surface area contributed by atoms with Crippen molar-refractivity contribution in [1.29, 1.82) is 0 Å². The molecule has 0 fully saturated rings. The maximum atomic E-state index is 12.9. The molecule has 8 nitrogen and oxygen atoms in total. The topological polar surface area (TPSA) is 86.2 Å². The Morgan fingerprint density at radius 1 is 1.19 bits per heavy atom. The Hall–Kier alpha value is -3.16. The van der Waals surface area contributed by atoms with Gasteiger partial charge in [-0.2, -0.15) is 0 Å². The van der Waals surface area contributed by atoms with Gasteiger partial charge >= 0.3 is 5.69 Å². The SMILES string of the molecule is CCN(CC)C(=O)Cn1nc(-c2ccco2)n(-c2cccc(C)n2)c1=O. The number of aryl methyl sites for hydroxylation is 1. The summed E-state index contributed by atoms with van der Waals surface area (Å²) in [5.41, 5.74) is 0.335. The van der Waals surface area contributed by atoms with Crippen molar-refractivity contribution in [2.75, 3.05) is 13.1 Å². The van der Waals surface area contributed by atoms with Gasteiger partial charge in [-0.3, -0.25) is 4.79 Å². The monoisotopic (exact) mass is 355 g/mol. The summed E-state index contributed by atoms with van der Waals surface area (Å²) in [4.78, 5) is 31.4. The minimum Gasteiger partial charge on any atom is -0.461 e. The summed E-state index contributed by atoms with van der Waals surface area (Å²) in [6.07, 6.45) is 1.51. The fourth-order valence-corrected chi connectivity index (χ4v) is 2.74. The van der Waals surface area contributed by atoms with Crippen molar-refractivity contribution in [2.45, 2.75) is 27.3 Å². The molecule has 0 saturated heterocycles. The molecule has 3 heterocycles. The highest BCUT2D eigenvalue weighted by atomic mass is 16.3. The Bertz CT molecular complexity index is 952. The Morgan fingerprint density at radius 2 is 1.96 bits per heavy atom. The fourth-order valence-electron chi connectivity index (χ4n) is 2.74. The quantitative estimate of drug-likeness (QED) is 0.674. The molecule has 0 spiro atoms. The number of aromatic nitrogens is 4. The molecule has 0 bridgehead atoms. The van der Waals surface area contributed by atoms with Gasteiger partial charge in [-0.05, 0) is 45.0 Å². The van der Waals surface area contributed by atoms with Crippen LogP contribution in [0.15, 0.2) is 45.8 Å². The lowest BCUT2D eigenvalue weighted by atomic mass is 10.3. The van der Waals surface area contributed by atoms with E-state index in [4.69, 9.17) is 4.42 Å². The largest absolute Gasteiger partial charge is 0.461 e. The second kappa shape index (κ2) is 7.38. The highest BCUT2D eigenvalue weighted by molar-refractivity contribution is 5.75. The number of furan rings is 1. The van der Waals surface area contributed by atoms with Crippen molar-refractivity contribution in [3.63, 3.8) is 0 Å². The average molecular weight is 355 g/mol. The van der Waals surface area contributed by atoms with E-state index >= 15 is 0 Å². The lowest BCUT2D eigenvalue weighted by Gasteiger charge is -2.17. The van der Waals surface area contributed by atoms with Crippen molar-refractivity contribution >= 4 is 5.91 Å². The third-order valence-corrected chi connectivity index (χ3v) is 4.08. The molecule has 26 heavy (non-hydrogen) atoms. The lowest BCUT2D eigenvalue weighted by Crippen LogP contribution is -2.37. The molecule has 3 aromatic heterocycles. The van der Waals surface area contributed by atoms with Crippen LogP contribution in [-0.2, 0) is 11.3 Å². The molecule has 0 N–H and O–H groups in total. The Morgan fingerprint density at radius 3 is 2.58 bits per heavy atom. The van der Waals surface area contributed by atoms with Gasteiger partial charge < -0.3 is 9.32 Å². The van der Waals surface area contributed by atoms with Crippen LogP contribution in [0.25, 0.3) is 17.4 Å². The highest BCUT2D eigenvalue weighted by Crippen LogP contribution is 2.19. The van der Waals surface area contributed by atoms with Crippen LogP contribution < -0.4 is 5.69 Å². The van der Waals surface area contributed by atoms with E-state index in [2.05, 4.69) is 10.1 Å². The molecule has 0 atom stereocenters. The Labute approximate surface area is 150 Å². The van der Waals surface area contributed by atoms with Crippen molar-refractivity contribution < 1.29 is 9.21 Å². The Balaban J connectivity index is 2.10. The number of pyridine rings is 1. The van der Waals surface area contributed by atoms with Crippen LogP contribution in [0.4, 0.5) is 0 Å². The Kier molecular flexibility index (Phi) is 5.01. The standard InChI is InChI=1S/C18H21N5O3/c1-4-21(5-2)16(24)12-22-18(25)23(15-10-6-8-13(3)19-15)17(20-22)14-9-7-11-26-14/h6-11H,4-5,12H2,1-3H3. The van der Waals surface area contributed by atoms with Crippen LogP contribution in [-0.4, -0.2) is 43.2 Å². The number of rotatable bonds is 6. The number of nitrogens with zero attached hydrogens (tertiary/aromatic N) is 5. The number of hydrogen-bond donors (Lipinski definition) is 0. The molecule has 0 unspecified atom stereocenters. The van der Waals surface area contributed by atoms with Crippen LogP contribution in [0, 0.1) is 6.92 Å². The van der Waals surface area contributed by atoms with Crippen molar-refractivity contribution in [2.24, 2.45) is 0 Å². The number of hydrogen-bond acceptors (Lipinski definition) is 5. The maximum Gasteiger partial charge on any atom is 0.352 e. The molecule has 0 aromatic carbocycles. The molecular formula is C18H21N5O3. The van der Waals surface area contributed by atoms with Crippen molar-refractivity contribution in [1.82, 2.24) is 24.2 Å². The smallest absolute Gasteiger partial charge is 0.352 e. The van der Waals surface area contributed by atoms with E-state index in [9.17, 15) is 9.59 Å². The minimum absolute atomic E-state index is 0.132. The highest BCUT2D eigenvalue weighted by Gasteiger charge is 2.22. The van der Waals surface area contributed by atoms with Crippen LogP contribution in [0.1, 0.15) is 19.5 Å². The maximum absolute atomic E-state index is 12.9. The molecule has 1 amide bonds. The number of likely N-dealkylation sites (N-methyl/N-ethyl adjacent to an activating group) is 1. The van der Waals surface area contributed by atoms with E-state index in [-0.39, 0.29) is 12.5 Å². The summed E-state index contributed by atoms with van der Waals surface area (Å²) in [6, 6.07) is 8.81. The van der Waals surface area contributed by atoms with Gasteiger partial charge in [-0.15, -0.1) is 5.10 Å². The van der Waals surface area contributed by atoms with Crippen LogP contribution in [0.2, 0.25) is 0 Å². The molecule has 0 aliphatic rings. The number of carbonyl (C=O) groups is 1. The van der Waals surface area contributed by atoms with Crippen molar-refractivity contribution in [3.8, 4) is 17.4 Å². The molecule has 0 saturated carbocycles. The second-order valence-corrected chi connectivity index (χ2v) is 5.78. The third-order valence-electron chi connectivity index (χ3n) is 4.08. The van der Waals surface area contributed by atoms with Gasteiger partial charge in [0.1, 0.15) is 12.4 Å². The van der Waals surface area contributed by atoms with E-state index < -0.39 is 5.69 Å². The molecule has 0 radical (unpaired) electrons. The van der Waals surface area contributed by atoms with Gasteiger partial charge in [0.2, 0.25) is 11.7 Å². The normalized spacial score (nSPS) is 10.9. The van der Waals surface area contributed by atoms with Crippen LogP contribution >= 0.6 is 0 Å². The van der Waals surface area contributed by atoms with E-state index in [0.717, 1.165) is 10.4 Å². The van der Waals surface area contributed by atoms with Gasteiger partial charge in [0.15, 0.2) is 5.76 Å². The van der Waals surface area contributed by atoms with Crippen molar-refractivity contribution in [3.05, 3.63) is 52.8 Å². The zero-order valence-electron chi connectivity index (χ0n) is 15.0. The lowest BCUT2D eigenvalue weighted by molar-refractivity contribution is -0.131. The first-order valence-corrected chi connectivity index (χ1v) is 8.50. The summed E-state index contributed by atoms with van der Waals surface area (Å²) in [6.45, 7) is 6.66. The summed E-state index contributed by atoms with van der Waals surface area (Å²) in [5, 5.41) is 4.34. The van der Waals surface area contributed by atoms with Crippen LogP contribution in [0.3, 0.4) is 0 Å². The molecule has 3 aromatic rings. The van der Waals surface area contributed by atoms with Crippen LogP contribution in [0.5, 0.6) is 0 Å². The van der Waals surface area contributed by atoms with E-state index in [1.54, 1.807) is 23.1 Å². The summed E-state index contributed by atoms with van der Waals surface area (Å²) >= 11 is 0. The van der Waals surface area contributed by atoms with E-state index in [1.165, 1.54) is 10.8 Å². The number of amides is 1. The molecule has 0 aliphatic heterocycles. The minimum atomic E-state index is -0.435. The van der Waals surface area contributed by atoms with Gasteiger partial charge in [-0.25, -0.2) is 19.0 Å². The first kappa shape index (κ1) is 17.7. The first-order chi connectivity index (χ1) is 12.5. The third kappa shape index (κ3) is 3.30. The predicted octanol–water partition coefficient (Wildman–Crippen LogP) is 1.87. The fraction of sp³-hybridized carbons (Fsp3) is 0.333. The molecule has 8 heteroatoms. The predicted molar refractivity (Wildman–Crippen MR) is 96.0 cm³/mol. The first-order valence-electron chi connectivity index (χ1n) is 8.50. The molecule has 136 valence electrons. The zero-order valence-corrected chi connectivity index (χ0v) is 15.0. The number of carbonyl (C=O) groups excluding carboxylic acids is 1. The molecule has 3 rings (SSSR count).